The molecule has 2 N–H and O–H groups in total. The molecule has 1 aromatic heterocycles. The fraction of sp³-hybridized carbons (Fsp3) is 0.786. The van der Waals surface area contributed by atoms with Gasteiger partial charge in [0.25, 0.3) is 0 Å². The molecule has 2 rings (SSSR count). The van der Waals surface area contributed by atoms with E-state index in [0.717, 1.165) is 19.0 Å². The molecule has 0 saturated heterocycles. The van der Waals surface area contributed by atoms with Crippen LogP contribution in [-0.2, 0) is 12.0 Å². The molecule has 1 aromatic rings. The molecule has 1 unspecified atom stereocenters. The van der Waals surface area contributed by atoms with Crippen molar-refractivity contribution in [1.29, 1.82) is 0 Å². The molecule has 102 valence electrons. The molecule has 0 aromatic carbocycles. The minimum Gasteiger partial charge on any atom is -0.329 e. The Kier molecular flexibility index (Phi) is 4.09. The molecule has 4 heteroatoms. The number of likely N-dealkylation sites (N-methyl/N-ethyl adjacent to an activating group) is 1. The second kappa shape index (κ2) is 5.27. The Balaban J connectivity index is 1.98. The van der Waals surface area contributed by atoms with Crippen LogP contribution in [0.25, 0.3) is 0 Å². The molecule has 0 spiro atoms. The van der Waals surface area contributed by atoms with Gasteiger partial charge in [-0.05, 0) is 25.8 Å². The summed E-state index contributed by atoms with van der Waals surface area (Å²) in [5.41, 5.74) is 7.23. The van der Waals surface area contributed by atoms with Crippen LogP contribution in [0.15, 0.2) is 5.38 Å². The lowest BCUT2D eigenvalue weighted by atomic mass is 9.98. The minimum absolute atomic E-state index is 0.158. The highest BCUT2D eigenvalue weighted by Gasteiger charge is 2.33. The zero-order valence-electron chi connectivity index (χ0n) is 11.9. The molecule has 0 bridgehead atoms. The predicted octanol–water partition coefficient (Wildman–Crippen LogP) is 2.61. The topological polar surface area (TPSA) is 42.2 Å². The van der Waals surface area contributed by atoms with Gasteiger partial charge in [0.1, 0.15) is 0 Å². The Morgan fingerprint density at radius 1 is 1.50 bits per heavy atom. The van der Waals surface area contributed by atoms with Gasteiger partial charge in [-0.2, -0.15) is 0 Å². The lowest BCUT2D eigenvalue weighted by Gasteiger charge is -2.26. The van der Waals surface area contributed by atoms with Gasteiger partial charge in [0.15, 0.2) is 0 Å². The van der Waals surface area contributed by atoms with E-state index >= 15 is 0 Å². The fourth-order valence-corrected chi connectivity index (χ4v) is 3.21. The Labute approximate surface area is 114 Å². The van der Waals surface area contributed by atoms with E-state index in [4.69, 9.17) is 10.7 Å². The standard InChI is InChI=1S/C14H25N3S/c1-14(2,3)13-16-11(9-18-13)8-17(4)12(7-15)10-5-6-10/h9-10,12H,5-8,15H2,1-4H3. The fourth-order valence-electron chi connectivity index (χ4n) is 2.31. The Morgan fingerprint density at radius 3 is 2.61 bits per heavy atom. The number of hydrogen-bond donors (Lipinski definition) is 1. The maximum atomic E-state index is 5.88. The molecule has 1 atom stereocenters. The van der Waals surface area contributed by atoms with Gasteiger partial charge in [0.05, 0.1) is 10.7 Å². The van der Waals surface area contributed by atoms with Crippen molar-refractivity contribution in [2.75, 3.05) is 13.6 Å². The van der Waals surface area contributed by atoms with Gasteiger partial charge in [0, 0.05) is 29.9 Å². The number of hydrogen-bond acceptors (Lipinski definition) is 4. The number of rotatable bonds is 5. The lowest BCUT2D eigenvalue weighted by Crippen LogP contribution is -2.39. The number of nitrogens with zero attached hydrogens (tertiary/aromatic N) is 2. The summed E-state index contributed by atoms with van der Waals surface area (Å²) in [6.07, 6.45) is 2.69. The Bertz CT molecular complexity index is 390. The Hall–Kier alpha value is -0.450. The summed E-state index contributed by atoms with van der Waals surface area (Å²) >= 11 is 1.77. The van der Waals surface area contributed by atoms with Gasteiger partial charge >= 0.3 is 0 Å². The number of thiazole rings is 1. The first-order chi connectivity index (χ1) is 8.41. The first-order valence-electron chi connectivity index (χ1n) is 6.77. The van der Waals surface area contributed by atoms with Crippen LogP contribution >= 0.6 is 11.3 Å². The monoisotopic (exact) mass is 267 g/mol. The van der Waals surface area contributed by atoms with Gasteiger partial charge in [-0.3, -0.25) is 4.90 Å². The lowest BCUT2D eigenvalue weighted by molar-refractivity contribution is 0.213. The summed E-state index contributed by atoms with van der Waals surface area (Å²) < 4.78 is 0. The van der Waals surface area contributed by atoms with Gasteiger partial charge in [0.2, 0.25) is 0 Å². The van der Waals surface area contributed by atoms with Crippen molar-refractivity contribution >= 4 is 11.3 Å². The summed E-state index contributed by atoms with van der Waals surface area (Å²) in [6.45, 7) is 8.33. The van der Waals surface area contributed by atoms with E-state index in [1.54, 1.807) is 11.3 Å². The average molecular weight is 267 g/mol. The zero-order chi connectivity index (χ0) is 13.3. The molecule has 1 aliphatic carbocycles. The van der Waals surface area contributed by atoms with Crippen LogP contribution in [0.4, 0.5) is 0 Å². The van der Waals surface area contributed by atoms with Crippen molar-refractivity contribution < 1.29 is 0 Å². The molecular weight excluding hydrogens is 242 g/mol. The summed E-state index contributed by atoms with van der Waals surface area (Å²) in [5.74, 6) is 0.820. The van der Waals surface area contributed by atoms with E-state index in [1.807, 2.05) is 0 Å². The average Bonchev–Trinajstić information content (AvgIpc) is 2.97. The van der Waals surface area contributed by atoms with Crippen LogP contribution in [-0.4, -0.2) is 29.5 Å². The SMILES string of the molecule is CN(Cc1csc(C(C)(C)C)n1)C(CN)C1CC1. The molecular formula is C14H25N3S. The third kappa shape index (κ3) is 3.31. The molecule has 18 heavy (non-hydrogen) atoms. The normalized spacial score (nSPS) is 18.3. The highest BCUT2D eigenvalue weighted by Crippen LogP contribution is 2.35. The highest BCUT2D eigenvalue weighted by molar-refractivity contribution is 7.09. The number of aromatic nitrogens is 1. The van der Waals surface area contributed by atoms with Crippen LogP contribution in [0.5, 0.6) is 0 Å². The minimum atomic E-state index is 0.158. The van der Waals surface area contributed by atoms with E-state index in [9.17, 15) is 0 Å². The molecule has 3 nitrogen and oxygen atoms in total. The predicted molar refractivity (Wildman–Crippen MR) is 77.8 cm³/mol. The maximum Gasteiger partial charge on any atom is 0.0982 e. The van der Waals surface area contributed by atoms with Crippen LogP contribution < -0.4 is 5.73 Å². The molecule has 1 saturated carbocycles. The summed E-state index contributed by atoms with van der Waals surface area (Å²) in [7, 11) is 2.17. The molecule has 0 amide bonds. The molecule has 1 aliphatic rings. The van der Waals surface area contributed by atoms with Crippen molar-refractivity contribution in [3.63, 3.8) is 0 Å². The van der Waals surface area contributed by atoms with Gasteiger partial charge in [-0.25, -0.2) is 4.98 Å². The third-order valence-electron chi connectivity index (χ3n) is 3.58. The molecule has 1 fully saturated rings. The number of nitrogens with two attached hydrogens (primary N) is 1. The van der Waals surface area contributed by atoms with Crippen molar-refractivity contribution in [2.24, 2.45) is 11.7 Å². The van der Waals surface area contributed by atoms with E-state index < -0.39 is 0 Å². The van der Waals surface area contributed by atoms with Crippen LogP contribution in [0.2, 0.25) is 0 Å². The van der Waals surface area contributed by atoms with Gasteiger partial charge < -0.3 is 5.73 Å². The molecule has 1 heterocycles. The van der Waals surface area contributed by atoms with Gasteiger partial charge in [-0.15, -0.1) is 11.3 Å². The van der Waals surface area contributed by atoms with E-state index in [2.05, 4.69) is 38.1 Å². The molecule has 0 aliphatic heterocycles. The summed E-state index contributed by atoms with van der Waals surface area (Å²) in [4.78, 5) is 7.13. The van der Waals surface area contributed by atoms with Crippen LogP contribution in [0.3, 0.4) is 0 Å². The largest absolute Gasteiger partial charge is 0.329 e. The smallest absolute Gasteiger partial charge is 0.0982 e. The molecule has 0 radical (unpaired) electrons. The van der Waals surface area contributed by atoms with Crippen molar-refractivity contribution in [3.05, 3.63) is 16.1 Å². The second-order valence-corrected chi connectivity index (χ2v) is 7.31. The van der Waals surface area contributed by atoms with E-state index in [1.165, 1.54) is 23.5 Å². The van der Waals surface area contributed by atoms with Crippen LogP contribution in [0, 0.1) is 5.92 Å². The van der Waals surface area contributed by atoms with Crippen molar-refractivity contribution in [2.45, 2.75) is 51.6 Å². The van der Waals surface area contributed by atoms with Gasteiger partial charge in [-0.1, -0.05) is 20.8 Å². The van der Waals surface area contributed by atoms with Crippen LogP contribution in [0.1, 0.15) is 44.3 Å². The maximum absolute atomic E-state index is 5.88. The summed E-state index contributed by atoms with van der Waals surface area (Å²) in [6, 6.07) is 0.532. The third-order valence-corrected chi connectivity index (χ3v) is 4.90. The second-order valence-electron chi connectivity index (χ2n) is 6.45. The highest BCUT2D eigenvalue weighted by atomic mass is 32.1. The Morgan fingerprint density at radius 2 is 2.17 bits per heavy atom. The summed E-state index contributed by atoms with van der Waals surface area (Å²) in [5, 5.41) is 3.42. The zero-order valence-corrected chi connectivity index (χ0v) is 12.8. The first-order valence-corrected chi connectivity index (χ1v) is 7.65. The van der Waals surface area contributed by atoms with E-state index in [-0.39, 0.29) is 5.41 Å². The quantitative estimate of drug-likeness (QED) is 0.891. The van der Waals surface area contributed by atoms with Crippen molar-refractivity contribution in [1.82, 2.24) is 9.88 Å². The first kappa shape index (κ1) is 14.0. The van der Waals surface area contributed by atoms with Crippen molar-refractivity contribution in [3.8, 4) is 0 Å². The van der Waals surface area contributed by atoms with E-state index in [0.29, 0.717) is 6.04 Å².